The maximum Gasteiger partial charge on any atom is 0.303 e. The number of rotatable bonds is 5. The van der Waals surface area contributed by atoms with Gasteiger partial charge in [0.1, 0.15) is 5.82 Å². The molecule has 0 spiro atoms. The second-order valence-corrected chi connectivity index (χ2v) is 6.38. The lowest BCUT2D eigenvalue weighted by Crippen LogP contribution is -2.20. The van der Waals surface area contributed by atoms with Gasteiger partial charge in [-0.05, 0) is 55.6 Å². The van der Waals surface area contributed by atoms with Gasteiger partial charge in [0.25, 0.3) is 0 Å². The van der Waals surface area contributed by atoms with Crippen molar-refractivity contribution in [1.82, 2.24) is 4.98 Å². The molecule has 4 nitrogen and oxygen atoms in total. The smallest absolute Gasteiger partial charge is 0.303 e. The summed E-state index contributed by atoms with van der Waals surface area (Å²) in [7, 11) is 0. The molecule has 0 saturated carbocycles. The largest absolute Gasteiger partial charge is 0.481 e. The second-order valence-electron chi connectivity index (χ2n) is 6.38. The van der Waals surface area contributed by atoms with E-state index in [1.165, 1.54) is 29.7 Å². The minimum Gasteiger partial charge on any atom is -0.481 e. The van der Waals surface area contributed by atoms with Crippen LogP contribution in [0.5, 0.6) is 0 Å². The molecule has 4 heteroatoms. The number of unbranched alkanes of at least 4 members (excludes halogenated alkanes) is 1. The van der Waals surface area contributed by atoms with Crippen molar-refractivity contribution in [2.45, 2.75) is 57.8 Å². The van der Waals surface area contributed by atoms with Gasteiger partial charge in [0.15, 0.2) is 0 Å². The topological polar surface area (TPSA) is 62.2 Å². The number of nitrogens with zero attached hydrogens (tertiary/aromatic N) is 1. The number of carboxylic acid groups (broad SMARTS) is 1. The van der Waals surface area contributed by atoms with Crippen molar-refractivity contribution in [2.75, 3.05) is 11.9 Å². The van der Waals surface area contributed by atoms with Gasteiger partial charge in [0.05, 0.1) is 0 Å². The number of carbonyl (C=O) groups is 1. The first-order valence-electron chi connectivity index (χ1n) is 8.19. The maximum atomic E-state index is 10.5. The van der Waals surface area contributed by atoms with Crippen LogP contribution in [0, 0.1) is 5.92 Å². The Hall–Kier alpha value is -1.58. The molecule has 1 aromatic heterocycles. The molecule has 1 atom stereocenters. The summed E-state index contributed by atoms with van der Waals surface area (Å²) in [6.07, 6.45) is 9.07. The zero-order chi connectivity index (χ0) is 14.7. The maximum absolute atomic E-state index is 10.5. The van der Waals surface area contributed by atoms with Crippen LogP contribution in [0.25, 0.3) is 0 Å². The Bertz CT molecular complexity index is 528. The van der Waals surface area contributed by atoms with E-state index in [4.69, 9.17) is 10.1 Å². The van der Waals surface area contributed by atoms with E-state index in [1.807, 2.05) is 0 Å². The molecule has 2 N–H and O–H groups in total. The van der Waals surface area contributed by atoms with E-state index in [0.717, 1.165) is 50.9 Å². The molecule has 1 aliphatic carbocycles. The molecule has 114 valence electrons. The van der Waals surface area contributed by atoms with Gasteiger partial charge >= 0.3 is 5.97 Å². The number of hydrogen-bond donors (Lipinski definition) is 2. The van der Waals surface area contributed by atoms with E-state index < -0.39 is 5.97 Å². The monoisotopic (exact) mass is 288 g/mol. The quantitative estimate of drug-likeness (QED) is 0.817. The zero-order valence-corrected chi connectivity index (χ0v) is 12.5. The van der Waals surface area contributed by atoms with Crippen molar-refractivity contribution in [1.29, 1.82) is 0 Å². The Morgan fingerprint density at radius 3 is 3.10 bits per heavy atom. The van der Waals surface area contributed by atoms with Crippen molar-refractivity contribution >= 4 is 11.8 Å². The summed E-state index contributed by atoms with van der Waals surface area (Å²) < 4.78 is 0. The van der Waals surface area contributed by atoms with Crippen LogP contribution < -0.4 is 5.32 Å². The number of fused-ring (bicyclic) bond motifs is 2. The van der Waals surface area contributed by atoms with Gasteiger partial charge in [-0.15, -0.1) is 0 Å². The Morgan fingerprint density at radius 2 is 2.24 bits per heavy atom. The molecule has 0 radical (unpaired) electrons. The van der Waals surface area contributed by atoms with Crippen molar-refractivity contribution in [3.05, 3.63) is 22.9 Å². The molecule has 1 unspecified atom stereocenters. The fourth-order valence-corrected chi connectivity index (χ4v) is 3.55. The molecule has 3 rings (SSSR count). The summed E-state index contributed by atoms with van der Waals surface area (Å²) in [5.41, 5.74) is 4.11. The molecule has 0 fully saturated rings. The summed E-state index contributed by atoms with van der Waals surface area (Å²) in [4.78, 5) is 15.4. The average Bonchev–Trinajstić information content (AvgIpc) is 2.49. The molecular formula is C17H24N2O2. The van der Waals surface area contributed by atoms with Gasteiger partial charge in [-0.1, -0.05) is 18.9 Å². The highest BCUT2D eigenvalue weighted by Crippen LogP contribution is 2.31. The minimum atomic E-state index is -0.677. The van der Waals surface area contributed by atoms with Crippen LogP contribution in [0.4, 0.5) is 5.82 Å². The van der Waals surface area contributed by atoms with Crippen LogP contribution in [0.15, 0.2) is 6.07 Å². The molecule has 0 amide bonds. The van der Waals surface area contributed by atoms with Gasteiger partial charge in [0.2, 0.25) is 0 Å². The number of aryl methyl sites for hydroxylation is 2. The van der Waals surface area contributed by atoms with Crippen LogP contribution in [-0.4, -0.2) is 22.6 Å². The fourth-order valence-electron chi connectivity index (χ4n) is 3.55. The first-order chi connectivity index (χ1) is 10.2. The van der Waals surface area contributed by atoms with Crippen LogP contribution >= 0.6 is 0 Å². The first kappa shape index (κ1) is 14.4. The van der Waals surface area contributed by atoms with Gasteiger partial charge in [-0.25, -0.2) is 4.98 Å². The van der Waals surface area contributed by atoms with Crippen LogP contribution in [-0.2, 0) is 24.1 Å². The number of aromatic nitrogens is 1. The Labute approximate surface area is 126 Å². The summed E-state index contributed by atoms with van der Waals surface area (Å²) in [5.74, 6) is 1.11. The third kappa shape index (κ3) is 3.55. The minimum absolute atomic E-state index is 0.305. The van der Waals surface area contributed by atoms with Crippen molar-refractivity contribution in [2.24, 2.45) is 5.92 Å². The fraction of sp³-hybridized carbons (Fsp3) is 0.647. The van der Waals surface area contributed by atoms with E-state index in [1.54, 1.807) is 0 Å². The molecule has 1 aliphatic heterocycles. The van der Waals surface area contributed by atoms with E-state index in [2.05, 4.69) is 11.4 Å². The zero-order valence-electron chi connectivity index (χ0n) is 12.5. The predicted molar refractivity (Wildman–Crippen MR) is 82.7 cm³/mol. The van der Waals surface area contributed by atoms with Gasteiger partial charge in [-0.3, -0.25) is 4.79 Å². The molecule has 1 aromatic rings. The van der Waals surface area contributed by atoms with E-state index in [0.29, 0.717) is 12.3 Å². The molecule has 2 aliphatic rings. The molecular weight excluding hydrogens is 264 g/mol. The summed E-state index contributed by atoms with van der Waals surface area (Å²) >= 11 is 0. The van der Waals surface area contributed by atoms with E-state index in [9.17, 15) is 4.79 Å². The van der Waals surface area contributed by atoms with E-state index >= 15 is 0 Å². The SMILES string of the molecule is O=C(O)CCCCC1CCc2cc3c(nc2C1)NCCC3. The van der Waals surface area contributed by atoms with Gasteiger partial charge in [0, 0.05) is 18.7 Å². The highest BCUT2D eigenvalue weighted by Gasteiger charge is 2.22. The third-order valence-corrected chi connectivity index (χ3v) is 4.74. The second kappa shape index (κ2) is 6.46. The number of pyridine rings is 1. The van der Waals surface area contributed by atoms with Crippen LogP contribution in [0.1, 0.15) is 55.3 Å². The molecule has 21 heavy (non-hydrogen) atoms. The Balaban J connectivity index is 1.58. The van der Waals surface area contributed by atoms with Crippen LogP contribution in [0.3, 0.4) is 0 Å². The number of nitrogens with one attached hydrogen (secondary N) is 1. The first-order valence-corrected chi connectivity index (χ1v) is 8.19. The van der Waals surface area contributed by atoms with Crippen LogP contribution in [0.2, 0.25) is 0 Å². The molecule has 0 bridgehead atoms. The number of anilines is 1. The van der Waals surface area contributed by atoms with E-state index in [-0.39, 0.29) is 0 Å². The lowest BCUT2D eigenvalue weighted by atomic mass is 9.83. The molecule has 2 heterocycles. The standard InChI is InChI=1S/C17H24N2O2/c20-16(21)6-2-1-4-12-7-8-13-11-14-5-3-9-18-17(14)19-15(13)10-12/h11-12H,1-10H2,(H,18,19)(H,20,21). The average molecular weight is 288 g/mol. The lowest BCUT2D eigenvalue weighted by Gasteiger charge is -2.27. The highest BCUT2D eigenvalue weighted by atomic mass is 16.4. The highest BCUT2D eigenvalue weighted by molar-refractivity contribution is 5.66. The van der Waals surface area contributed by atoms with Crippen molar-refractivity contribution < 1.29 is 9.90 Å². The number of aliphatic carboxylic acids is 1. The predicted octanol–water partition coefficient (Wildman–Crippen LogP) is 3.19. The summed E-state index contributed by atoms with van der Waals surface area (Å²) in [6.45, 7) is 1.04. The van der Waals surface area contributed by atoms with Crippen molar-refractivity contribution in [3.8, 4) is 0 Å². The molecule has 0 aromatic carbocycles. The Morgan fingerprint density at radius 1 is 1.33 bits per heavy atom. The normalized spacial score (nSPS) is 20.3. The Kier molecular flexibility index (Phi) is 4.42. The third-order valence-electron chi connectivity index (χ3n) is 4.74. The summed E-state index contributed by atoms with van der Waals surface area (Å²) in [5, 5.41) is 12.1. The molecule has 0 saturated heterocycles. The lowest BCUT2D eigenvalue weighted by molar-refractivity contribution is -0.137. The summed E-state index contributed by atoms with van der Waals surface area (Å²) in [6, 6.07) is 2.37. The number of hydrogen-bond acceptors (Lipinski definition) is 3. The van der Waals surface area contributed by atoms with Crippen molar-refractivity contribution in [3.63, 3.8) is 0 Å². The van der Waals surface area contributed by atoms with Gasteiger partial charge < -0.3 is 10.4 Å². The van der Waals surface area contributed by atoms with Gasteiger partial charge in [-0.2, -0.15) is 0 Å². The number of carboxylic acids is 1.